The van der Waals surface area contributed by atoms with Gasteiger partial charge >= 0.3 is 5.97 Å². The third kappa shape index (κ3) is 34.6. The maximum atomic E-state index is 11.2. The molecule has 0 atom stereocenters. The zero-order chi connectivity index (χ0) is 37.4. The van der Waals surface area contributed by atoms with Crippen LogP contribution in [0.25, 0.3) is 0 Å². The van der Waals surface area contributed by atoms with E-state index in [9.17, 15) is 9.59 Å². The standard InChI is InChI=1S/C36H63NO15/c1-3-4-36(39)52-32-30-50-28-26-48-24-22-46-20-18-44-16-14-42-12-10-40-9-11-41-13-15-43-17-19-45-21-23-47-25-27-49-29-31-51-35-7-5-34(6-8-35)37-33(2)38/h5-8H,3-4,9-32H2,1-2H3,(H,37,38). The van der Waals surface area contributed by atoms with E-state index in [1.165, 1.54) is 6.92 Å². The van der Waals surface area contributed by atoms with Gasteiger partial charge in [-0.05, 0) is 30.7 Å². The van der Waals surface area contributed by atoms with E-state index < -0.39 is 0 Å². The topological polar surface area (TPSA) is 166 Å². The average Bonchev–Trinajstić information content (AvgIpc) is 3.13. The molecule has 52 heavy (non-hydrogen) atoms. The minimum atomic E-state index is -0.192. The van der Waals surface area contributed by atoms with Gasteiger partial charge in [0.1, 0.15) is 19.0 Å². The normalized spacial score (nSPS) is 11.2. The molecule has 0 heterocycles. The van der Waals surface area contributed by atoms with Crippen molar-refractivity contribution in [1.29, 1.82) is 0 Å². The average molecular weight is 750 g/mol. The van der Waals surface area contributed by atoms with Gasteiger partial charge in [-0.2, -0.15) is 0 Å². The van der Waals surface area contributed by atoms with Crippen LogP contribution in [0.15, 0.2) is 24.3 Å². The van der Waals surface area contributed by atoms with Crippen LogP contribution in [0.4, 0.5) is 5.69 Å². The third-order valence-corrected chi connectivity index (χ3v) is 6.34. The quantitative estimate of drug-likeness (QED) is 0.0768. The molecule has 0 aliphatic carbocycles. The van der Waals surface area contributed by atoms with Crippen LogP contribution in [-0.4, -0.2) is 170 Å². The second-order valence-electron chi connectivity index (χ2n) is 10.8. The largest absolute Gasteiger partial charge is 0.491 e. The van der Waals surface area contributed by atoms with Crippen LogP contribution in [0.2, 0.25) is 0 Å². The first-order valence-corrected chi connectivity index (χ1v) is 18.1. The van der Waals surface area contributed by atoms with Crippen molar-refractivity contribution in [2.45, 2.75) is 26.7 Å². The Labute approximate surface area is 309 Å². The van der Waals surface area contributed by atoms with E-state index in [2.05, 4.69) is 5.32 Å². The molecule has 0 bridgehead atoms. The SMILES string of the molecule is CCCC(=O)OCCOCCOCCOCCOCCOCCOCCOCCOCCOCCOCCOCCOc1ccc(NC(C)=O)cc1. The number of carbonyl (C=O) groups is 2. The van der Waals surface area contributed by atoms with Gasteiger partial charge < -0.3 is 66.9 Å². The number of hydrogen-bond acceptors (Lipinski definition) is 15. The smallest absolute Gasteiger partial charge is 0.305 e. The van der Waals surface area contributed by atoms with Crippen molar-refractivity contribution in [3.63, 3.8) is 0 Å². The summed E-state index contributed by atoms with van der Waals surface area (Å²) in [5, 5.41) is 2.71. The third-order valence-electron chi connectivity index (χ3n) is 6.34. The maximum Gasteiger partial charge on any atom is 0.305 e. The van der Waals surface area contributed by atoms with Gasteiger partial charge in [0, 0.05) is 19.0 Å². The Balaban J connectivity index is 1.65. The molecule has 0 radical (unpaired) electrons. The number of benzene rings is 1. The van der Waals surface area contributed by atoms with Crippen molar-refractivity contribution in [3.8, 4) is 5.75 Å². The molecular formula is C36H63NO15. The number of esters is 1. The molecule has 0 fully saturated rings. The second kappa shape index (κ2) is 38.3. The molecule has 16 nitrogen and oxygen atoms in total. The van der Waals surface area contributed by atoms with E-state index in [1.807, 2.05) is 6.92 Å². The highest BCUT2D eigenvalue weighted by molar-refractivity contribution is 5.88. The minimum absolute atomic E-state index is 0.111. The van der Waals surface area contributed by atoms with Gasteiger partial charge in [-0.15, -0.1) is 0 Å². The molecule has 16 heteroatoms. The fourth-order valence-electron chi connectivity index (χ4n) is 3.85. The molecule has 1 aromatic carbocycles. The van der Waals surface area contributed by atoms with E-state index in [0.29, 0.717) is 164 Å². The Morgan fingerprint density at radius 1 is 0.442 bits per heavy atom. The lowest BCUT2D eigenvalue weighted by Crippen LogP contribution is -2.15. The van der Waals surface area contributed by atoms with Gasteiger partial charge in [0.05, 0.1) is 145 Å². The summed E-state index contributed by atoms with van der Waals surface area (Å²) in [6.45, 7) is 14.6. The molecule has 0 saturated heterocycles. The van der Waals surface area contributed by atoms with Gasteiger partial charge in [0.2, 0.25) is 5.91 Å². The first-order valence-electron chi connectivity index (χ1n) is 18.1. The van der Waals surface area contributed by atoms with Gasteiger partial charge in [-0.1, -0.05) is 6.92 Å². The molecule has 0 spiro atoms. The lowest BCUT2D eigenvalue weighted by molar-refractivity contribution is -0.145. The number of nitrogens with one attached hydrogen (secondary N) is 1. The molecule has 0 saturated carbocycles. The van der Waals surface area contributed by atoms with E-state index in [0.717, 1.165) is 12.1 Å². The van der Waals surface area contributed by atoms with Crippen molar-refractivity contribution in [3.05, 3.63) is 24.3 Å². The van der Waals surface area contributed by atoms with Crippen molar-refractivity contribution < 1.29 is 71.2 Å². The molecule has 302 valence electrons. The summed E-state index contributed by atoms with van der Waals surface area (Å²) in [5.41, 5.74) is 0.728. The Bertz CT molecular complexity index is 926. The van der Waals surface area contributed by atoms with Gasteiger partial charge in [-0.3, -0.25) is 9.59 Å². The maximum absolute atomic E-state index is 11.2. The number of anilines is 1. The Morgan fingerprint density at radius 2 is 0.731 bits per heavy atom. The summed E-state index contributed by atoms with van der Waals surface area (Å²) in [6, 6.07) is 7.17. The fraction of sp³-hybridized carbons (Fsp3) is 0.778. The summed E-state index contributed by atoms with van der Waals surface area (Å²) >= 11 is 0. The van der Waals surface area contributed by atoms with Gasteiger partial charge in [-0.25, -0.2) is 0 Å². The molecule has 0 aromatic heterocycles. The van der Waals surface area contributed by atoms with Crippen LogP contribution in [0, 0.1) is 0 Å². The summed E-state index contributed by atoms with van der Waals surface area (Å²) in [7, 11) is 0. The van der Waals surface area contributed by atoms with Crippen LogP contribution < -0.4 is 10.1 Å². The lowest BCUT2D eigenvalue weighted by atomic mass is 10.3. The predicted octanol–water partition coefficient (Wildman–Crippen LogP) is 2.55. The van der Waals surface area contributed by atoms with Crippen LogP contribution in [0.5, 0.6) is 5.75 Å². The molecule has 0 aliphatic rings. The molecule has 0 aliphatic heterocycles. The van der Waals surface area contributed by atoms with Gasteiger partial charge in [0.25, 0.3) is 0 Å². The van der Waals surface area contributed by atoms with Crippen molar-refractivity contribution in [2.24, 2.45) is 0 Å². The van der Waals surface area contributed by atoms with Crippen molar-refractivity contribution in [1.82, 2.24) is 0 Å². The van der Waals surface area contributed by atoms with E-state index in [4.69, 9.17) is 61.6 Å². The summed E-state index contributed by atoms with van der Waals surface area (Å²) in [6.07, 6.45) is 1.22. The van der Waals surface area contributed by atoms with E-state index in [-0.39, 0.29) is 18.5 Å². The Kier molecular flexibility index (Phi) is 35.0. The summed E-state index contributed by atoms with van der Waals surface area (Å²) in [4.78, 5) is 22.2. The number of hydrogen-bond donors (Lipinski definition) is 1. The first-order chi connectivity index (χ1) is 25.6. The zero-order valence-corrected chi connectivity index (χ0v) is 31.3. The highest BCUT2D eigenvalue weighted by Crippen LogP contribution is 2.15. The second-order valence-corrected chi connectivity index (χ2v) is 10.8. The summed E-state index contributed by atoms with van der Waals surface area (Å²) in [5.74, 6) is 0.410. The van der Waals surface area contributed by atoms with Crippen molar-refractivity contribution in [2.75, 3.05) is 164 Å². The zero-order valence-electron chi connectivity index (χ0n) is 31.3. The van der Waals surface area contributed by atoms with Gasteiger partial charge in [0.15, 0.2) is 0 Å². The Hall–Kier alpha value is -2.48. The van der Waals surface area contributed by atoms with E-state index in [1.54, 1.807) is 24.3 Å². The van der Waals surface area contributed by atoms with Crippen LogP contribution in [-0.2, 0) is 66.4 Å². The predicted molar refractivity (Wildman–Crippen MR) is 191 cm³/mol. The van der Waals surface area contributed by atoms with Crippen LogP contribution in [0.3, 0.4) is 0 Å². The Morgan fingerprint density at radius 3 is 1.02 bits per heavy atom. The molecule has 1 amide bonds. The van der Waals surface area contributed by atoms with Crippen LogP contribution >= 0.6 is 0 Å². The minimum Gasteiger partial charge on any atom is -0.491 e. The highest BCUT2D eigenvalue weighted by atomic mass is 16.6. The number of carbonyl (C=O) groups excluding carboxylic acids is 2. The highest BCUT2D eigenvalue weighted by Gasteiger charge is 2.01. The molecule has 1 aromatic rings. The summed E-state index contributed by atoms with van der Waals surface area (Å²) < 4.78 is 70.6. The molecule has 1 N–H and O–H groups in total. The molecular weight excluding hydrogens is 686 g/mol. The monoisotopic (exact) mass is 749 g/mol. The number of amides is 1. The molecule has 0 unspecified atom stereocenters. The number of ether oxygens (including phenoxy) is 13. The first kappa shape index (κ1) is 47.5. The molecule has 1 rings (SSSR count). The number of rotatable bonds is 40. The lowest BCUT2D eigenvalue weighted by Gasteiger charge is -2.09. The van der Waals surface area contributed by atoms with Crippen LogP contribution in [0.1, 0.15) is 26.7 Å². The van der Waals surface area contributed by atoms with E-state index >= 15 is 0 Å². The van der Waals surface area contributed by atoms with Crippen molar-refractivity contribution >= 4 is 17.6 Å². The fourth-order valence-corrected chi connectivity index (χ4v) is 3.85.